The largest absolute Gasteiger partial charge is 0.379 e. The lowest BCUT2D eigenvalue weighted by Gasteiger charge is -2.34. The number of hydrogen-bond acceptors (Lipinski definition) is 6. The molecule has 1 saturated heterocycles. The minimum Gasteiger partial charge on any atom is -0.379 e. The summed E-state index contributed by atoms with van der Waals surface area (Å²) in [5, 5.41) is 13.9. The van der Waals surface area contributed by atoms with Crippen LogP contribution in [0.4, 0.5) is 0 Å². The molecule has 1 aliphatic heterocycles. The van der Waals surface area contributed by atoms with Crippen LogP contribution < -0.4 is 15.8 Å². The fraction of sp³-hybridized carbons (Fsp3) is 0.421. The predicted molar refractivity (Wildman–Crippen MR) is 131 cm³/mol. The summed E-state index contributed by atoms with van der Waals surface area (Å²) in [6, 6.07) is 11.0. The van der Waals surface area contributed by atoms with E-state index in [2.05, 4.69) is 38.0 Å². The van der Waals surface area contributed by atoms with Crippen molar-refractivity contribution in [2.75, 3.05) is 39.9 Å². The van der Waals surface area contributed by atoms with Gasteiger partial charge in [-0.3, -0.25) is 9.89 Å². The van der Waals surface area contributed by atoms with Crippen molar-refractivity contribution in [2.45, 2.75) is 17.5 Å². The molecule has 8 nitrogen and oxygen atoms in total. The summed E-state index contributed by atoms with van der Waals surface area (Å²) in [6.45, 7) is 4.43. The van der Waals surface area contributed by atoms with E-state index in [1.807, 2.05) is 6.07 Å². The molecule has 0 saturated carbocycles. The number of hydrogen-bond donors (Lipinski definition) is 3. The first-order valence-corrected chi connectivity index (χ1v) is 11.8. The molecule has 11 heteroatoms. The number of ether oxygens (including phenoxy) is 1. The van der Waals surface area contributed by atoms with Crippen molar-refractivity contribution in [3.63, 3.8) is 0 Å². The highest BCUT2D eigenvalue weighted by atomic mass is 127. The molecule has 4 N–H and O–H groups in total. The SMILES string of the molecule is CN=C(NCc1cccc(S(N)(=O)=O)c1)NCC(c1cccs1)N1CCOCC1.I. The zero-order valence-electron chi connectivity index (χ0n) is 16.8. The normalized spacial score (nSPS) is 16.5. The van der Waals surface area contributed by atoms with Gasteiger partial charge in [0.25, 0.3) is 0 Å². The van der Waals surface area contributed by atoms with Gasteiger partial charge in [-0.25, -0.2) is 13.6 Å². The highest BCUT2D eigenvalue weighted by molar-refractivity contribution is 14.0. The Balaban J connectivity index is 0.00000320. The average molecular weight is 566 g/mol. The summed E-state index contributed by atoms with van der Waals surface area (Å²) in [7, 11) is -2.00. The van der Waals surface area contributed by atoms with E-state index in [-0.39, 0.29) is 34.9 Å². The van der Waals surface area contributed by atoms with Gasteiger partial charge in [0.15, 0.2) is 5.96 Å². The van der Waals surface area contributed by atoms with Gasteiger partial charge in [0.2, 0.25) is 10.0 Å². The summed E-state index contributed by atoms with van der Waals surface area (Å²) >= 11 is 1.75. The van der Waals surface area contributed by atoms with Gasteiger partial charge in [-0.15, -0.1) is 35.3 Å². The van der Waals surface area contributed by atoms with Crippen LogP contribution in [0.3, 0.4) is 0 Å². The summed E-state index contributed by atoms with van der Waals surface area (Å²) in [4.78, 5) is 8.11. The van der Waals surface area contributed by atoms with Gasteiger partial charge in [-0.1, -0.05) is 18.2 Å². The molecule has 0 amide bonds. The van der Waals surface area contributed by atoms with Crippen molar-refractivity contribution < 1.29 is 13.2 Å². The molecule has 0 aliphatic carbocycles. The smallest absolute Gasteiger partial charge is 0.238 e. The third-order valence-corrected chi connectivity index (χ3v) is 6.62. The minimum atomic E-state index is -3.72. The average Bonchev–Trinajstić information content (AvgIpc) is 3.25. The standard InChI is InChI=1S/C19H27N5O3S2.HI/c1-21-19(22-13-15-4-2-5-16(12-15)29(20,25)26)23-14-17(18-6-3-11-28-18)24-7-9-27-10-8-24;/h2-6,11-12,17H,7-10,13-14H2,1H3,(H2,20,25,26)(H2,21,22,23);1H. The van der Waals surface area contributed by atoms with E-state index >= 15 is 0 Å². The topological polar surface area (TPSA) is 109 Å². The molecule has 1 atom stereocenters. The number of nitrogens with two attached hydrogens (primary N) is 1. The van der Waals surface area contributed by atoms with Crippen molar-refractivity contribution in [3.05, 3.63) is 52.2 Å². The van der Waals surface area contributed by atoms with E-state index < -0.39 is 10.0 Å². The minimum absolute atomic E-state index is 0. The number of halogens is 1. The molecule has 1 fully saturated rings. The Labute approximate surface area is 199 Å². The second-order valence-corrected chi connectivity index (χ2v) is 9.22. The Bertz CT molecular complexity index is 916. The molecule has 166 valence electrons. The van der Waals surface area contributed by atoms with Gasteiger partial charge < -0.3 is 15.4 Å². The maximum absolute atomic E-state index is 11.5. The van der Waals surface area contributed by atoms with E-state index in [4.69, 9.17) is 9.88 Å². The van der Waals surface area contributed by atoms with Crippen LogP contribution in [-0.4, -0.2) is 59.2 Å². The summed E-state index contributed by atoms with van der Waals surface area (Å²) in [5.41, 5.74) is 0.808. The Morgan fingerprint density at radius 1 is 1.27 bits per heavy atom. The Morgan fingerprint density at radius 2 is 2.03 bits per heavy atom. The van der Waals surface area contributed by atoms with Gasteiger partial charge in [0.05, 0.1) is 24.2 Å². The van der Waals surface area contributed by atoms with Crippen molar-refractivity contribution in [3.8, 4) is 0 Å². The fourth-order valence-electron chi connectivity index (χ4n) is 3.21. The second-order valence-electron chi connectivity index (χ2n) is 6.68. The van der Waals surface area contributed by atoms with Crippen LogP contribution >= 0.6 is 35.3 Å². The Kier molecular flexibility index (Phi) is 9.97. The van der Waals surface area contributed by atoms with E-state index in [0.717, 1.165) is 31.9 Å². The molecule has 0 radical (unpaired) electrons. The van der Waals surface area contributed by atoms with Crippen molar-refractivity contribution in [2.24, 2.45) is 10.1 Å². The van der Waals surface area contributed by atoms with E-state index in [1.54, 1.807) is 30.5 Å². The van der Waals surface area contributed by atoms with Crippen LogP contribution in [0.5, 0.6) is 0 Å². The zero-order valence-corrected chi connectivity index (χ0v) is 20.7. The Morgan fingerprint density at radius 3 is 2.67 bits per heavy atom. The van der Waals surface area contributed by atoms with Crippen LogP contribution in [0.25, 0.3) is 0 Å². The number of nitrogens with zero attached hydrogens (tertiary/aromatic N) is 2. The number of nitrogens with one attached hydrogen (secondary N) is 2. The maximum atomic E-state index is 11.5. The maximum Gasteiger partial charge on any atom is 0.238 e. The van der Waals surface area contributed by atoms with Crippen LogP contribution in [0.2, 0.25) is 0 Å². The van der Waals surface area contributed by atoms with Crippen LogP contribution in [0, 0.1) is 0 Å². The number of thiophene rings is 1. The van der Waals surface area contributed by atoms with Gasteiger partial charge in [0.1, 0.15) is 0 Å². The van der Waals surface area contributed by atoms with Crippen molar-refractivity contribution in [1.82, 2.24) is 15.5 Å². The second kappa shape index (κ2) is 12.0. The number of primary sulfonamides is 1. The number of benzene rings is 1. The Hall–Kier alpha value is -1.25. The molecule has 3 rings (SSSR count). The van der Waals surface area contributed by atoms with Gasteiger partial charge in [-0.2, -0.15) is 0 Å². The van der Waals surface area contributed by atoms with Crippen LogP contribution in [-0.2, 0) is 21.3 Å². The molecule has 0 bridgehead atoms. The fourth-order valence-corrected chi connectivity index (χ4v) is 4.66. The number of rotatable bonds is 7. The molecule has 1 aliphatic rings. The summed E-state index contributed by atoms with van der Waals surface area (Å²) < 4.78 is 28.5. The quantitative estimate of drug-likeness (QED) is 0.268. The zero-order chi connectivity index (χ0) is 20.7. The summed E-state index contributed by atoms with van der Waals surface area (Å²) in [6.07, 6.45) is 0. The molecular formula is C19H28IN5O3S2. The third-order valence-electron chi connectivity index (χ3n) is 4.73. The van der Waals surface area contributed by atoms with Gasteiger partial charge in [0, 0.05) is 38.1 Å². The van der Waals surface area contributed by atoms with Crippen molar-refractivity contribution in [1.29, 1.82) is 0 Å². The molecule has 30 heavy (non-hydrogen) atoms. The molecule has 2 heterocycles. The molecule has 2 aromatic rings. The lowest BCUT2D eigenvalue weighted by Crippen LogP contribution is -2.46. The molecule has 1 unspecified atom stereocenters. The van der Waals surface area contributed by atoms with Crippen LogP contribution in [0.1, 0.15) is 16.5 Å². The third kappa shape index (κ3) is 7.17. The first kappa shape index (κ1) is 25.0. The molecule has 0 spiro atoms. The highest BCUT2D eigenvalue weighted by Gasteiger charge is 2.23. The highest BCUT2D eigenvalue weighted by Crippen LogP contribution is 2.25. The monoisotopic (exact) mass is 565 g/mol. The molecule has 1 aromatic carbocycles. The number of aliphatic imine (C=N–C) groups is 1. The number of morpholine rings is 1. The molecular weight excluding hydrogens is 537 g/mol. The lowest BCUT2D eigenvalue weighted by atomic mass is 10.2. The van der Waals surface area contributed by atoms with E-state index in [0.29, 0.717) is 19.0 Å². The van der Waals surface area contributed by atoms with Crippen molar-refractivity contribution >= 4 is 51.3 Å². The van der Waals surface area contributed by atoms with Gasteiger partial charge in [-0.05, 0) is 29.1 Å². The predicted octanol–water partition coefficient (Wildman–Crippen LogP) is 1.75. The van der Waals surface area contributed by atoms with Crippen LogP contribution in [0.15, 0.2) is 51.7 Å². The van der Waals surface area contributed by atoms with Gasteiger partial charge >= 0.3 is 0 Å². The summed E-state index contributed by atoms with van der Waals surface area (Å²) in [5.74, 6) is 0.654. The first-order valence-electron chi connectivity index (χ1n) is 9.39. The molecule has 1 aromatic heterocycles. The number of guanidine groups is 1. The van der Waals surface area contributed by atoms with E-state index in [1.165, 1.54) is 10.9 Å². The lowest BCUT2D eigenvalue weighted by molar-refractivity contribution is 0.0177. The van der Waals surface area contributed by atoms with E-state index in [9.17, 15) is 8.42 Å². The first-order chi connectivity index (χ1) is 14.0. The number of sulfonamides is 1.